The highest BCUT2D eigenvalue weighted by Crippen LogP contribution is 2.19. The molecule has 1 fully saturated rings. The molecule has 1 aromatic carbocycles. The van der Waals surface area contributed by atoms with Crippen molar-refractivity contribution in [2.24, 2.45) is 0 Å². The highest BCUT2D eigenvalue weighted by molar-refractivity contribution is 7.99. The molecule has 5 heteroatoms. The number of thioether (sulfide) groups is 1. The topological polar surface area (TPSA) is 52.6 Å². The summed E-state index contributed by atoms with van der Waals surface area (Å²) in [6.45, 7) is 4.24. The number of β-amino-alcohol motifs (C(OH)–C–C–N with tert-alkyl or cyclic N) is 1. The van der Waals surface area contributed by atoms with E-state index in [1.807, 2.05) is 30.0 Å². The van der Waals surface area contributed by atoms with Gasteiger partial charge in [0.15, 0.2) is 0 Å². The zero-order valence-electron chi connectivity index (χ0n) is 11.8. The molecule has 0 aromatic heterocycles. The Bertz CT molecular complexity index is 437. The SMILES string of the molecule is CC1(O)CCN(CC(=O)NCCSc2ccccc2)C1. The van der Waals surface area contributed by atoms with Crippen LogP contribution in [0.5, 0.6) is 0 Å². The summed E-state index contributed by atoms with van der Waals surface area (Å²) in [5.41, 5.74) is -0.635. The van der Waals surface area contributed by atoms with E-state index in [9.17, 15) is 9.90 Å². The van der Waals surface area contributed by atoms with Gasteiger partial charge in [0.05, 0.1) is 12.1 Å². The third-order valence-electron chi connectivity index (χ3n) is 3.33. The summed E-state index contributed by atoms with van der Waals surface area (Å²) < 4.78 is 0. The summed E-state index contributed by atoms with van der Waals surface area (Å²) in [5, 5.41) is 12.8. The smallest absolute Gasteiger partial charge is 0.234 e. The van der Waals surface area contributed by atoms with Crippen LogP contribution in [0.1, 0.15) is 13.3 Å². The average Bonchev–Trinajstić information content (AvgIpc) is 2.75. The number of benzene rings is 1. The van der Waals surface area contributed by atoms with E-state index in [4.69, 9.17) is 0 Å². The molecule has 0 radical (unpaired) electrons. The lowest BCUT2D eigenvalue weighted by molar-refractivity contribution is -0.122. The molecule has 0 aliphatic carbocycles. The normalized spacial score (nSPS) is 22.9. The molecule has 0 spiro atoms. The van der Waals surface area contributed by atoms with Crippen LogP contribution in [-0.4, -0.2) is 53.4 Å². The summed E-state index contributed by atoms with van der Waals surface area (Å²) >= 11 is 1.74. The van der Waals surface area contributed by atoms with Crippen molar-refractivity contribution in [3.8, 4) is 0 Å². The number of hydrogen-bond acceptors (Lipinski definition) is 4. The number of carbonyl (C=O) groups excluding carboxylic acids is 1. The number of carbonyl (C=O) groups is 1. The lowest BCUT2D eigenvalue weighted by Gasteiger charge is -2.18. The van der Waals surface area contributed by atoms with Gasteiger partial charge >= 0.3 is 0 Å². The van der Waals surface area contributed by atoms with Crippen LogP contribution in [0, 0.1) is 0 Å². The molecule has 1 aromatic rings. The molecule has 2 N–H and O–H groups in total. The van der Waals surface area contributed by atoms with Crippen LogP contribution in [0.2, 0.25) is 0 Å². The molecule has 20 heavy (non-hydrogen) atoms. The van der Waals surface area contributed by atoms with E-state index in [0.29, 0.717) is 19.6 Å². The minimum Gasteiger partial charge on any atom is -0.389 e. The molecule has 2 rings (SSSR count). The molecule has 4 nitrogen and oxygen atoms in total. The number of amides is 1. The minimum absolute atomic E-state index is 0.0383. The zero-order valence-corrected chi connectivity index (χ0v) is 12.7. The Kier molecular flexibility index (Phi) is 5.46. The maximum Gasteiger partial charge on any atom is 0.234 e. The quantitative estimate of drug-likeness (QED) is 0.614. The molecule has 0 bridgehead atoms. The molecule has 1 aliphatic heterocycles. The van der Waals surface area contributed by atoms with Gasteiger partial charge < -0.3 is 10.4 Å². The number of rotatable bonds is 6. The van der Waals surface area contributed by atoms with Gasteiger partial charge in [-0.15, -0.1) is 11.8 Å². The molecule has 110 valence electrons. The van der Waals surface area contributed by atoms with Gasteiger partial charge in [0.25, 0.3) is 0 Å². The zero-order chi connectivity index (χ0) is 14.4. The van der Waals surface area contributed by atoms with Crippen LogP contribution >= 0.6 is 11.8 Å². The molecule has 1 saturated heterocycles. The van der Waals surface area contributed by atoms with Crippen molar-refractivity contribution >= 4 is 17.7 Å². The minimum atomic E-state index is -0.635. The second-order valence-corrected chi connectivity index (χ2v) is 6.64. The Morgan fingerprint density at radius 1 is 1.45 bits per heavy atom. The summed E-state index contributed by atoms with van der Waals surface area (Å²) in [7, 11) is 0. The standard InChI is InChI=1S/C15H22N2O2S/c1-15(19)7-9-17(12-15)11-14(18)16-8-10-20-13-5-3-2-4-6-13/h2-6,19H,7-12H2,1H3,(H,16,18). The van der Waals surface area contributed by atoms with Crippen LogP contribution in [0.4, 0.5) is 0 Å². The number of hydrogen-bond donors (Lipinski definition) is 2. The van der Waals surface area contributed by atoms with E-state index in [1.54, 1.807) is 11.8 Å². The Labute approximate surface area is 124 Å². The fourth-order valence-corrected chi connectivity index (χ4v) is 3.10. The van der Waals surface area contributed by atoms with Gasteiger partial charge in [-0.05, 0) is 25.5 Å². The third kappa shape index (κ3) is 5.15. The number of aliphatic hydroxyl groups is 1. The predicted molar refractivity (Wildman–Crippen MR) is 81.9 cm³/mol. The van der Waals surface area contributed by atoms with Crippen LogP contribution in [-0.2, 0) is 4.79 Å². The van der Waals surface area contributed by atoms with Crippen LogP contribution in [0.15, 0.2) is 35.2 Å². The first-order valence-electron chi connectivity index (χ1n) is 6.94. The van der Waals surface area contributed by atoms with Gasteiger partial charge in [0, 0.05) is 30.3 Å². The summed E-state index contributed by atoms with van der Waals surface area (Å²) in [5.74, 6) is 0.907. The van der Waals surface area contributed by atoms with Gasteiger partial charge in [0.2, 0.25) is 5.91 Å². The Morgan fingerprint density at radius 2 is 2.20 bits per heavy atom. The van der Waals surface area contributed by atoms with E-state index >= 15 is 0 Å². The van der Waals surface area contributed by atoms with E-state index in [-0.39, 0.29) is 5.91 Å². The summed E-state index contributed by atoms with van der Waals surface area (Å²) in [6, 6.07) is 10.2. The number of likely N-dealkylation sites (tertiary alicyclic amines) is 1. The van der Waals surface area contributed by atoms with Gasteiger partial charge in [-0.3, -0.25) is 9.69 Å². The number of nitrogens with one attached hydrogen (secondary N) is 1. The number of nitrogens with zero attached hydrogens (tertiary/aromatic N) is 1. The fraction of sp³-hybridized carbons (Fsp3) is 0.533. The monoisotopic (exact) mass is 294 g/mol. The first-order chi connectivity index (χ1) is 9.55. The van der Waals surface area contributed by atoms with Crippen molar-refractivity contribution in [1.82, 2.24) is 10.2 Å². The predicted octanol–water partition coefficient (Wildman–Crippen LogP) is 1.35. The molecule has 1 aliphatic rings. The van der Waals surface area contributed by atoms with Gasteiger partial charge in [-0.2, -0.15) is 0 Å². The van der Waals surface area contributed by atoms with E-state index in [1.165, 1.54) is 4.90 Å². The first-order valence-corrected chi connectivity index (χ1v) is 7.93. The summed E-state index contributed by atoms with van der Waals surface area (Å²) in [6.07, 6.45) is 0.740. The van der Waals surface area contributed by atoms with Crippen molar-refractivity contribution in [2.45, 2.75) is 23.8 Å². The van der Waals surface area contributed by atoms with Gasteiger partial charge in [-0.25, -0.2) is 0 Å². The van der Waals surface area contributed by atoms with Crippen LogP contribution in [0.3, 0.4) is 0 Å². The maximum atomic E-state index is 11.8. The Balaban J connectivity index is 1.59. The second-order valence-electron chi connectivity index (χ2n) is 5.47. The molecule has 1 heterocycles. The van der Waals surface area contributed by atoms with Crippen molar-refractivity contribution in [3.63, 3.8) is 0 Å². The van der Waals surface area contributed by atoms with Crippen LogP contribution in [0.25, 0.3) is 0 Å². The lowest BCUT2D eigenvalue weighted by atomic mass is 10.1. The maximum absolute atomic E-state index is 11.8. The second kappa shape index (κ2) is 7.11. The molecule has 1 amide bonds. The fourth-order valence-electron chi connectivity index (χ4n) is 2.31. The molecule has 1 atom stereocenters. The van der Waals surface area contributed by atoms with E-state index in [2.05, 4.69) is 17.4 Å². The third-order valence-corrected chi connectivity index (χ3v) is 4.35. The van der Waals surface area contributed by atoms with Gasteiger partial charge in [-0.1, -0.05) is 18.2 Å². The van der Waals surface area contributed by atoms with E-state index < -0.39 is 5.60 Å². The van der Waals surface area contributed by atoms with E-state index in [0.717, 1.165) is 18.7 Å². The highest BCUT2D eigenvalue weighted by atomic mass is 32.2. The van der Waals surface area contributed by atoms with Crippen molar-refractivity contribution in [2.75, 3.05) is 31.9 Å². The highest BCUT2D eigenvalue weighted by Gasteiger charge is 2.31. The van der Waals surface area contributed by atoms with Crippen LogP contribution < -0.4 is 5.32 Å². The Hall–Kier alpha value is -1.04. The van der Waals surface area contributed by atoms with Crippen molar-refractivity contribution < 1.29 is 9.90 Å². The largest absolute Gasteiger partial charge is 0.389 e. The molecule has 1 unspecified atom stereocenters. The molecular weight excluding hydrogens is 272 g/mol. The average molecular weight is 294 g/mol. The lowest BCUT2D eigenvalue weighted by Crippen LogP contribution is -2.38. The van der Waals surface area contributed by atoms with Crippen molar-refractivity contribution in [1.29, 1.82) is 0 Å². The summed E-state index contributed by atoms with van der Waals surface area (Å²) in [4.78, 5) is 15.0. The molecular formula is C15H22N2O2S. The van der Waals surface area contributed by atoms with Crippen molar-refractivity contribution in [3.05, 3.63) is 30.3 Å². The Morgan fingerprint density at radius 3 is 2.85 bits per heavy atom. The molecule has 0 saturated carbocycles. The van der Waals surface area contributed by atoms with Gasteiger partial charge in [0.1, 0.15) is 0 Å². The first kappa shape index (κ1) is 15.4.